The lowest BCUT2D eigenvalue weighted by Crippen LogP contribution is -2.15. The number of nitrogens with one attached hydrogen (secondary N) is 1. The minimum absolute atomic E-state index is 0.0665. The third-order valence-corrected chi connectivity index (χ3v) is 3.45. The van der Waals surface area contributed by atoms with Gasteiger partial charge in [-0.3, -0.25) is 0 Å². The van der Waals surface area contributed by atoms with Crippen molar-refractivity contribution < 1.29 is 13.9 Å². The number of benzene rings is 2. The van der Waals surface area contributed by atoms with Crippen molar-refractivity contribution in [2.75, 3.05) is 14.2 Å². The molecule has 0 fully saturated rings. The Balaban J connectivity index is 2.25. The molecule has 0 radical (unpaired) electrons. The third-order valence-electron chi connectivity index (χ3n) is 3.45. The molecular formula is C17H20FNO2. The van der Waals surface area contributed by atoms with Crippen LogP contribution < -0.4 is 14.8 Å². The summed E-state index contributed by atoms with van der Waals surface area (Å²) in [4.78, 5) is 0. The van der Waals surface area contributed by atoms with Crippen molar-refractivity contribution in [2.45, 2.75) is 19.6 Å². The summed E-state index contributed by atoms with van der Waals surface area (Å²) in [6.45, 7) is 2.21. The predicted molar refractivity (Wildman–Crippen MR) is 81.2 cm³/mol. The van der Waals surface area contributed by atoms with Crippen LogP contribution in [-0.2, 0) is 6.61 Å². The van der Waals surface area contributed by atoms with Gasteiger partial charge in [0, 0.05) is 11.6 Å². The van der Waals surface area contributed by atoms with E-state index in [1.807, 2.05) is 32.2 Å². The average Bonchev–Trinajstić information content (AvgIpc) is 2.53. The van der Waals surface area contributed by atoms with E-state index in [1.165, 1.54) is 6.07 Å². The molecule has 0 bridgehead atoms. The predicted octanol–water partition coefficient (Wildman–Crippen LogP) is 3.69. The molecule has 0 heterocycles. The van der Waals surface area contributed by atoms with E-state index >= 15 is 0 Å². The van der Waals surface area contributed by atoms with Gasteiger partial charge in [-0.1, -0.05) is 24.3 Å². The lowest BCUT2D eigenvalue weighted by molar-refractivity contribution is 0.290. The van der Waals surface area contributed by atoms with Gasteiger partial charge in [-0.05, 0) is 32.2 Å². The van der Waals surface area contributed by atoms with E-state index in [-0.39, 0.29) is 18.5 Å². The molecule has 2 aromatic rings. The van der Waals surface area contributed by atoms with Gasteiger partial charge in [0.15, 0.2) is 0 Å². The second kappa shape index (κ2) is 7.09. The number of ether oxygens (including phenoxy) is 2. The number of halogens is 1. The highest BCUT2D eigenvalue weighted by atomic mass is 19.1. The van der Waals surface area contributed by atoms with Crippen LogP contribution in [0, 0.1) is 5.82 Å². The number of methoxy groups -OCH3 is 1. The van der Waals surface area contributed by atoms with E-state index in [1.54, 1.807) is 25.3 Å². The van der Waals surface area contributed by atoms with Crippen LogP contribution >= 0.6 is 0 Å². The highest BCUT2D eigenvalue weighted by molar-refractivity contribution is 5.46. The first-order chi connectivity index (χ1) is 10.2. The first-order valence-electron chi connectivity index (χ1n) is 6.87. The molecule has 0 aliphatic rings. The second-order valence-electron chi connectivity index (χ2n) is 4.76. The molecule has 0 aliphatic carbocycles. The largest absolute Gasteiger partial charge is 0.496 e. The number of hydrogen-bond donors (Lipinski definition) is 1. The van der Waals surface area contributed by atoms with Crippen molar-refractivity contribution in [2.24, 2.45) is 0 Å². The highest BCUT2D eigenvalue weighted by Crippen LogP contribution is 2.34. The molecule has 1 unspecified atom stereocenters. The van der Waals surface area contributed by atoms with Gasteiger partial charge in [-0.15, -0.1) is 0 Å². The van der Waals surface area contributed by atoms with E-state index in [0.717, 1.165) is 11.3 Å². The lowest BCUT2D eigenvalue weighted by atomic mass is 10.1. The van der Waals surface area contributed by atoms with Gasteiger partial charge in [0.25, 0.3) is 0 Å². The molecule has 112 valence electrons. The summed E-state index contributed by atoms with van der Waals surface area (Å²) in [6, 6.07) is 12.3. The van der Waals surface area contributed by atoms with E-state index in [2.05, 4.69) is 5.32 Å². The zero-order chi connectivity index (χ0) is 15.2. The van der Waals surface area contributed by atoms with Gasteiger partial charge in [-0.2, -0.15) is 0 Å². The summed E-state index contributed by atoms with van der Waals surface area (Å²) in [5.41, 5.74) is 1.46. The van der Waals surface area contributed by atoms with Crippen molar-refractivity contribution in [3.8, 4) is 11.5 Å². The first-order valence-corrected chi connectivity index (χ1v) is 6.87. The van der Waals surface area contributed by atoms with Crippen LogP contribution in [0.2, 0.25) is 0 Å². The summed E-state index contributed by atoms with van der Waals surface area (Å²) in [5, 5.41) is 3.17. The van der Waals surface area contributed by atoms with Gasteiger partial charge in [0.2, 0.25) is 0 Å². The zero-order valence-electron chi connectivity index (χ0n) is 12.5. The molecule has 3 nitrogen and oxygen atoms in total. The molecule has 2 rings (SSSR count). The fourth-order valence-electron chi connectivity index (χ4n) is 2.17. The third kappa shape index (κ3) is 3.52. The molecular weight excluding hydrogens is 269 g/mol. The van der Waals surface area contributed by atoms with E-state index < -0.39 is 0 Å². The summed E-state index contributed by atoms with van der Waals surface area (Å²) < 4.78 is 24.8. The molecule has 1 N–H and O–H groups in total. The van der Waals surface area contributed by atoms with Crippen LogP contribution in [0.25, 0.3) is 0 Å². The Labute approximate surface area is 124 Å². The average molecular weight is 289 g/mol. The Hall–Kier alpha value is -2.07. The van der Waals surface area contributed by atoms with Crippen LogP contribution in [0.1, 0.15) is 24.1 Å². The molecule has 0 amide bonds. The van der Waals surface area contributed by atoms with Crippen molar-refractivity contribution in [1.82, 2.24) is 5.32 Å². The minimum Gasteiger partial charge on any atom is -0.496 e. The second-order valence-corrected chi connectivity index (χ2v) is 4.76. The van der Waals surface area contributed by atoms with Gasteiger partial charge < -0.3 is 14.8 Å². The van der Waals surface area contributed by atoms with Crippen molar-refractivity contribution in [3.05, 3.63) is 59.4 Å². The Morgan fingerprint density at radius 1 is 1.10 bits per heavy atom. The Bertz CT molecular complexity index is 601. The maximum Gasteiger partial charge on any atom is 0.129 e. The number of hydrogen-bond acceptors (Lipinski definition) is 3. The molecule has 21 heavy (non-hydrogen) atoms. The molecule has 0 saturated heterocycles. The van der Waals surface area contributed by atoms with Crippen LogP contribution in [0.5, 0.6) is 11.5 Å². The zero-order valence-corrected chi connectivity index (χ0v) is 12.5. The molecule has 2 aromatic carbocycles. The summed E-state index contributed by atoms with van der Waals surface area (Å²) >= 11 is 0. The normalized spacial score (nSPS) is 12.0. The van der Waals surface area contributed by atoms with Crippen LogP contribution in [0.4, 0.5) is 4.39 Å². The molecule has 1 atom stereocenters. The van der Waals surface area contributed by atoms with E-state index in [4.69, 9.17) is 9.47 Å². The molecule has 0 saturated carbocycles. The molecule has 4 heteroatoms. The van der Waals surface area contributed by atoms with Crippen LogP contribution in [0.15, 0.2) is 42.5 Å². The molecule has 0 aromatic heterocycles. The lowest BCUT2D eigenvalue weighted by Gasteiger charge is -2.19. The fourth-order valence-corrected chi connectivity index (χ4v) is 2.17. The topological polar surface area (TPSA) is 30.5 Å². The van der Waals surface area contributed by atoms with Gasteiger partial charge in [-0.25, -0.2) is 4.39 Å². The van der Waals surface area contributed by atoms with Crippen molar-refractivity contribution >= 4 is 0 Å². The Morgan fingerprint density at radius 3 is 2.48 bits per heavy atom. The SMILES string of the molecule is CNC(C)c1c(OC)cccc1OCc1ccccc1F. The Morgan fingerprint density at radius 2 is 1.81 bits per heavy atom. The quantitative estimate of drug-likeness (QED) is 0.879. The summed E-state index contributed by atoms with van der Waals surface area (Å²) in [5.74, 6) is 1.19. The van der Waals surface area contributed by atoms with Gasteiger partial charge >= 0.3 is 0 Å². The number of rotatable bonds is 6. The Kier molecular flexibility index (Phi) is 5.17. The molecule has 0 spiro atoms. The van der Waals surface area contributed by atoms with Crippen LogP contribution in [0.3, 0.4) is 0 Å². The van der Waals surface area contributed by atoms with Crippen LogP contribution in [-0.4, -0.2) is 14.2 Å². The smallest absolute Gasteiger partial charge is 0.129 e. The standard InChI is InChI=1S/C17H20FNO2/c1-12(19-2)17-15(20-3)9-6-10-16(17)21-11-13-7-4-5-8-14(13)18/h4-10,12,19H,11H2,1-3H3. The van der Waals surface area contributed by atoms with Crippen molar-refractivity contribution in [1.29, 1.82) is 0 Å². The maximum absolute atomic E-state index is 13.6. The minimum atomic E-state index is -0.261. The first kappa shape index (κ1) is 15.3. The summed E-state index contributed by atoms with van der Waals surface area (Å²) in [7, 11) is 3.50. The van der Waals surface area contributed by atoms with E-state index in [0.29, 0.717) is 11.3 Å². The highest BCUT2D eigenvalue weighted by Gasteiger charge is 2.16. The molecule has 0 aliphatic heterocycles. The van der Waals surface area contributed by atoms with Gasteiger partial charge in [0.1, 0.15) is 23.9 Å². The fraction of sp³-hybridized carbons (Fsp3) is 0.294. The van der Waals surface area contributed by atoms with E-state index in [9.17, 15) is 4.39 Å². The van der Waals surface area contributed by atoms with Crippen molar-refractivity contribution in [3.63, 3.8) is 0 Å². The summed E-state index contributed by atoms with van der Waals surface area (Å²) in [6.07, 6.45) is 0. The maximum atomic E-state index is 13.6. The monoisotopic (exact) mass is 289 g/mol. The van der Waals surface area contributed by atoms with Gasteiger partial charge in [0.05, 0.1) is 12.7 Å².